The van der Waals surface area contributed by atoms with Gasteiger partial charge in [-0.05, 0) is 37.6 Å². The number of benzene rings is 2. The normalized spacial score (nSPS) is 16.3. The first-order chi connectivity index (χ1) is 15.0. The Kier molecular flexibility index (Phi) is 6.07. The highest BCUT2D eigenvalue weighted by Gasteiger charge is 2.35. The maximum atomic E-state index is 12.9. The molecule has 0 bridgehead atoms. The van der Waals surface area contributed by atoms with Gasteiger partial charge in [0.05, 0.1) is 11.0 Å². The first-order valence-corrected chi connectivity index (χ1v) is 11.0. The number of carbonyl (C=O) groups excluding carboxylic acids is 2. The van der Waals surface area contributed by atoms with Gasteiger partial charge in [-0.3, -0.25) is 9.59 Å². The van der Waals surface area contributed by atoms with Crippen LogP contribution in [0.5, 0.6) is 0 Å². The van der Waals surface area contributed by atoms with Gasteiger partial charge in [0.2, 0.25) is 11.8 Å². The van der Waals surface area contributed by atoms with Gasteiger partial charge in [-0.1, -0.05) is 43.2 Å². The maximum Gasteiger partial charge on any atom is 0.242 e. The number of para-hydroxylation sites is 2. The van der Waals surface area contributed by atoms with Crippen LogP contribution >= 0.6 is 0 Å². The number of hydrogen-bond acceptors (Lipinski definition) is 3. The molecule has 1 aliphatic rings. The number of aryl methyl sites for hydroxylation is 1. The third-order valence-corrected chi connectivity index (χ3v) is 6.09. The van der Waals surface area contributed by atoms with Crippen LogP contribution in [-0.4, -0.2) is 46.4 Å². The van der Waals surface area contributed by atoms with Crippen molar-refractivity contribution >= 4 is 28.5 Å². The van der Waals surface area contributed by atoms with Gasteiger partial charge >= 0.3 is 0 Å². The topological polar surface area (TPSA) is 58.4 Å². The Labute approximate surface area is 183 Å². The number of rotatable bonds is 7. The monoisotopic (exact) mass is 418 g/mol. The van der Waals surface area contributed by atoms with E-state index in [2.05, 4.69) is 6.92 Å². The Morgan fingerprint density at radius 1 is 1.16 bits per heavy atom. The summed E-state index contributed by atoms with van der Waals surface area (Å²) in [5.74, 6) is 0.938. The number of unbranched alkanes of at least 4 members (excludes halogenated alkanes) is 1. The molecule has 0 unspecified atom stereocenters. The molecule has 4 rings (SSSR count). The standard InChI is InChI=1S/C25H30N4O2/c1-4-5-14-27(3)24(31)17-29-22-9-7-6-8-21(22)26-25(29)19-15-23(30)28(16-19)20-12-10-18(2)11-13-20/h6-13,19H,4-5,14-17H2,1-3H3/t19-/m0/s1. The number of anilines is 1. The van der Waals surface area contributed by atoms with Gasteiger partial charge in [-0.25, -0.2) is 4.98 Å². The highest BCUT2D eigenvalue weighted by Crippen LogP contribution is 2.33. The average molecular weight is 419 g/mol. The third kappa shape index (κ3) is 4.33. The van der Waals surface area contributed by atoms with Crippen LogP contribution in [0.1, 0.15) is 43.5 Å². The molecule has 0 spiro atoms. The summed E-state index contributed by atoms with van der Waals surface area (Å²) in [6, 6.07) is 15.9. The smallest absolute Gasteiger partial charge is 0.242 e. The Morgan fingerprint density at radius 3 is 2.65 bits per heavy atom. The van der Waals surface area contributed by atoms with Crippen molar-refractivity contribution < 1.29 is 9.59 Å². The van der Waals surface area contributed by atoms with Crippen molar-refractivity contribution in [2.45, 2.75) is 45.6 Å². The Morgan fingerprint density at radius 2 is 1.90 bits per heavy atom. The molecule has 1 aromatic heterocycles. The van der Waals surface area contributed by atoms with Crippen molar-refractivity contribution in [3.63, 3.8) is 0 Å². The molecule has 1 fully saturated rings. The lowest BCUT2D eigenvalue weighted by Crippen LogP contribution is -2.32. The first kappa shape index (κ1) is 21.1. The fourth-order valence-corrected chi connectivity index (χ4v) is 4.20. The number of imidazole rings is 1. The van der Waals surface area contributed by atoms with E-state index in [1.165, 1.54) is 5.56 Å². The van der Waals surface area contributed by atoms with E-state index < -0.39 is 0 Å². The van der Waals surface area contributed by atoms with E-state index in [-0.39, 0.29) is 24.3 Å². The van der Waals surface area contributed by atoms with Crippen molar-refractivity contribution in [1.29, 1.82) is 0 Å². The summed E-state index contributed by atoms with van der Waals surface area (Å²) in [6.07, 6.45) is 2.44. The molecule has 0 radical (unpaired) electrons. The minimum Gasteiger partial charge on any atom is -0.344 e. The predicted molar refractivity (Wildman–Crippen MR) is 123 cm³/mol. The van der Waals surface area contributed by atoms with Crippen LogP contribution in [0.3, 0.4) is 0 Å². The van der Waals surface area contributed by atoms with Crippen LogP contribution in [0.2, 0.25) is 0 Å². The van der Waals surface area contributed by atoms with Crippen molar-refractivity contribution in [2.75, 3.05) is 25.0 Å². The van der Waals surface area contributed by atoms with Crippen molar-refractivity contribution in [2.24, 2.45) is 0 Å². The summed E-state index contributed by atoms with van der Waals surface area (Å²) in [7, 11) is 1.86. The summed E-state index contributed by atoms with van der Waals surface area (Å²) >= 11 is 0. The second-order valence-electron chi connectivity index (χ2n) is 8.45. The lowest BCUT2D eigenvalue weighted by atomic mass is 10.1. The number of carbonyl (C=O) groups is 2. The van der Waals surface area contributed by atoms with Crippen LogP contribution in [-0.2, 0) is 16.1 Å². The van der Waals surface area contributed by atoms with Crippen LogP contribution in [0.4, 0.5) is 5.69 Å². The van der Waals surface area contributed by atoms with Crippen LogP contribution in [0.15, 0.2) is 48.5 Å². The zero-order valence-corrected chi connectivity index (χ0v) is 18.5. The molecule has 31 heavy (non-hydrogen) atoms. The molecule has 1 atom stereocenters. The molecule has 162 valence electrons. The molecule has 6 heteroatoms. The SMILES string of the molecule is CCCCN(C)C(=O)Cn1c([C@H]2CC(=O)N(c3ccc(C)cc3)C2)nc2ccccc21. The second-order valence-corrected chi connectivity index (χ2v) is 8.45. The van der Waals surface area contributed by atoms with Crippen molar-refractivity contribution in [3.8, 4) is 0 Å². The third-order valence-electron chi connectivity index (χ3n) is 6.09. The van der Waals surface area contributed by atoms with Crippen molar-refractivity contribution in [3.05, 3.63) is 59.9 Å². The minimum absolute atomic E-state index is 0.0463. The van der Waals surface area contributed by atoms with E-state index in [0.717, 1.165) is 41.9 Å². The number of aromatic nitrogens is 2. The molecule has 2 heterocycles. The van der Waals surface area contributed by atoms with Gasteiger partial charge in [0.1, 0.15) is 12.4 Å². The van der Waals surface area contributed by atoms with Gasteiger partial charge in [0.15, 0.2) is 0 Å². The minimum atomic E-state index is -0.0463. The zero-order chi connectivity index (χ0) is 22.0. The molecule has 1 saturated heterocycles. The predicted octanol–water partition coefficient (Wildman–Crippen LogP) is 4.12. The number of amides is 2. The van der Waals surface area contributed by atoms with Gasteiger partial charge < -0.3 is 14.4 Å². The van der Waals surface area contributed by atoms with E-state index in [9.17, 15) is 9.59 Å². The van der Waals surface area contributed by atoms with E-state index in [0.29, 0.717) is 13.0 Å². The number of likely N-dealkylation sites (N-methyl/N-ethyl adjacent to an activating group) is 1. The van der Waals surface area contributed by atoms with Crippen LogP contribution in [0, 0.1) is 6.92 Å². The molecule has 0 aliphatic carbocycles. The summed E-state index contributed by atoms with van der Waals surface area (Å²) in [6.45, 7) is 5.72. The fourth-order valence-electron chi connectivity index (χ4n) is 4.20. The number of fused-ring (bicyclic) bond motifs is 1. The molecule has 6 nitrogen and oxygen atoms in total. The van der Waals surface area contributed by atoms with Crippen LogP contribution < -0.4 is 4.90 Å². The van der Waals surface area contributed by atoms with E-state index >= 15 is 0 Å². The largest absolute Gasteiger partial charge is 0.344 e. The molecular formula is C25H30N4O2. The molecule has 3 aromatic rings. The zero-order valence-electron chi connectivity index (χ0n) is 18.5. The molecule has 2 amide bonds. The fraction of sp³-hybridized carbons (Fsp3) is 0.400. The summed E-state index contributed by atoms with van der Waals surface area (Å²) < 4.78 is 2.01. The highest BCUT2D eigenvalue weighted by atomic mass is 16.2. The Balaban J connectivity index is 1.63. The lowest BCUT2D eigenvalue weighted by Gasteiger charge is -2.20. The number of hydrogen-bond donors (Lipinski definition) is 0. The molecule has 0 N–H and O–H groups in total. The second kappa shape index (κ2) is 8.92. The maximum absolute atomic E-state index is 12.9. The first-order valence-electron chi connectivity index (χ1n) is 11.0. The van der Waals surface area contributed by atoms with E-state index in [4.69, 9.17) is 4.98 Å². The Hall–Kier alpha value is -3.15. The average Bonchev–Trinajstić information content (AvgIpc) is 3.33. The quantitative estimate of drug-likeness (QED) is 0.580. The van der Waals surface area contributed by atoms with Gasteiger partial charge in [0.25, 0.3) is 0 Å². The molecular weight excluding hydrogens is 388 g/mol. The van der Waals surface area contributed by atoms with Gasteiger partial charge in [-0.2, -0.15) is 0 Å². The van der Waals surface area contributed by atoms with E-state index in [1.54, 1.807) is 4.90 Å². The van der Waals surface area contributed by atoms with Gasteiger partial charge in [0, 0.05) is 38.2 Å². The highest BCUT2D eigenvalue weighted by molar-refractivity contribution is 5.96. The Bertz CT molecular complexity index is 1090. The van der Waals surface area contributed by atoms with E-state index in [1.807, 2.05) is 72.0 Å². The molecule has 1 aliphatic heterocycles. The van der Waals surface area contributed by atoms with Gasteiger partial charge in [-0.15, -0.1) is 0 Å². The van der Waals surface area contributed by atoms with Crippen molar-refractivity contribution in [1.82, 2.24) is 14.5 Å². The summed E-state index contributed by atoms with van der Waals surface area (Å²) in [5.41, 5.74) is 3.88. The molecule has 0 saturated carbocycles. The number of nitrogens with zero attached hydrogens (tertiary/aromatic N) is 4. The summed E-state index contributed by atoms with van der Waals surface area (Å²) in [5, 5.41) is 0. The summed E-state index contributed by atoms with van der Waals surface area (Å²) in [4.78, 5) is 34.2. The lowest BCUT2D eigenvalue weighted by molar-refractivity contribution is -0.130. The van der Waals surface area contributed by atoms with Crippen LogP contribution in [0.25, 0.3) is 11.0 Å². The molecule has 2 aromatic carbocycles.